The van der Waals surface area contributed by atoms with Gasteiger partial charge >= 0.3 is 0 Å². The van der Waals surface area contributed by atoms with Gasteiger partial charge in [-0.3, -0.25) is 9.59 Å². The van der Waals surface area contributed by atoms with Gasteiger partial charge < -0.3 is 15.2 Å². The van der Waals surface area contributed by atoms with Crippen molar-refractivity contribution < 1.29 is 4.79 Å². The summed E-state index contributed by atoms with van der Waals surface area (Å²) in [6, 6.07) is 0. The lowest BCUT2D eigenvalue weighted by Gasteiger charge is -2.17. The zero-order valence-electron chi connectivity index (χ0n) is 16.5. The second-order valence-corrected chi connectivity index (χ2v) is 9.18. The molecule has 28 heavy (non-hydrogen) atoms. The maximum absolute atomic E-state index is 12.6. The Kier molecular flexibility index (Phi) is 6.78. The third-order valence-corrected chi connectivity index (χ3v) is 7.07. The first-order chi connectivity index (χ1) is 13.0. The van der Waals surface area contributed by atoms with E-state index in [4.69, 9.17) is 4.98 Å². The van der Waals surface area contributed by atoms with Gasteiger partial charge in [0, 0.05) is 30.8 Å². The minimum Gasteiger partial charge on any atom is -0.342 e. The van der Waals surface area contributed by atoms with Gasteiger partial charge in [-0.15, -0.1) is 23.7 Å². The molecule has 1 aliphatic carbocycles. The first-order valence-electron chi connectivity index (χ1n) is 10.0. The minimum absolute atomic E-state index is 0. The first kappa shape index (κ1) is 21.3. The molecule has 3 heterocycles. The highest BCUT2D eigenvalue weighted by atomic mass is 35.5. The summed E-state index contributed by atoms with van der Waals surface area (Å²) in [6.45, 7) is 4.89. The number of nitrogens with one attached hydrogen (secondary N) is 2. The van der Waals surface area contributed by atoms with Crippen LogP contribution in [0.25, 0.3) is 10.2 Å². The third kappa shape index (κ3) is 4.26. The van der Waals surface area contributed by atoms with Crippen molar-refractivity contribution in [1.82, 2.24) is 20.2 Å². The number of halogens is 1. The van der Waals surface area contributed by atoms with Crippen molar-refractivity contribution in [2.45, 2.75) is 45.4 Å². The highest BCUT2D eigenvalue weighted by molar-refractivity contribution is 7.18. The number of hydrogen-bond acceptors (Lipinski definition) is 5. The lowest BCUT2D eigenvalue weighted by molar-refractivity contribution is -0.130. The van der Waals surface area contributed by atoms with E-state index in [2.05, 4.69) is 17.2 Å². The largest absolute Gasteiger partial charge is 0.342 e. The molecular formula is C20H29ClN4O2S. The van der Waals surface area contributed by atoms with E-state index in [0.29, 0.717) is 30.5 Å². The number of nitrogens with zero attached hydrogens (tertiary/aromatic N) is 2. The van der Waals surface area contributed by atoms with Crippen molar-refractivity contribution in [1.29, 1.82) is 0 Å². The third-order valence-electron chi connectivity index (χ3n) is 5.92. The van der Waals surface area contributed by atoms with Crippen LogP contribution in [0.4, 0.5) is 0 Å². The molecule has 154 valence electrons. The van der Waals surface area contributed by atoms with E-state index < -0.39 is 0 Å². The fraction of sp³-hybridized carbons (Fsp3) is 0.650. The number of aryl methyl sites for hydroxylation is 2. The molecule has 4 rings (SSSR count). The van der Waals surface area contributed by atoms with Gasteiger partial charge in [0.1, 0.15) is 10.7 Å². The maximum Gasteiger partial charge on any atom is 0.259 e. The van der Waals surface area contributed by atoms with Gasteiger partial charge in [0.15, 0.2) is 0 Å². The Balaban J connectivity index is 0.00000225. The number of aromatic amines is 1. The van der Waals surface area contributed by atoms with Crippen molar-refractivity contribution in [2.75, 3.05) is 26.7 Å². The highest BCUT2D eigenvalue weighted by Gasteiger charge is 2.26. The zero-order valence-corrected chi connectivity index (χ0v) is 18.2. The maximum atomic E-state index is 12.6. The summed E-state index contributed by atoms with van der Waals surface area (Å²) in [5, 5.41) is 3.97. The number of thiophene rings is 1. The predicted octanol–water partition coefficient (Wildman–Crippen LogP) is 2.53. The number of hydrogen-bond donors (Lipinski definition) is 2. The number of H-pyrrole nitrogens is 1. The topological polar surface area (TPSA) is 78.1 Å². The molecule has 0 spiro atoms. The quantitative estimate of drug-likeness (QED) is 0.773. The average Bonchev–Trinajstić information content (AvgIpc) is 3.24. The molecule has 2 aliphatic rings. The van der Waals surface area contributed by atoms with Crippen molar-refractivity contribution in [3.8, 4) is 0 Å². The van der Waals surface area contributed by atoms with Crippen LogP contribution in [0.15, 0.2) is 4.79 Å². The molecule has 2 aromatic heterocycles. The molecular weight excluding hydrogens is 396 g/mol. The molecule has 1 fully saturated rings. The monoisotopic (exact) mass is 424 g/mol. The number of carbonyl (C=O) groups excluding carboxylic acids is 1. The van der Waals surface area contributed by atoms with Crippen LogP contribution in [0.1, 0.15) is 42.5 Å². The van der Waals surface area contributed by atoms with Gasteiger partial charge in [0.2, 0.25) is 5.91 Å². The normalized spacial score (nSPS) is 21.6. The van der Waals surface area contributed by atoms with E-state index >= 15 is 0 Å². The van der Waals surface area contributed by atoms with E-state index in [-0.39, 0.29) is 23.9 Å². The minimum atomic E-state index is -0.0373. The van der Waals surface area contributed by atoms with Crippen LogP contribution in [0, 0.1) is 11.8 Å². The number of amides is 1. The fourth-order valence-electron chi connectivity index (χ4n) is 4.41. The summed E-state index contributed by atoms with van der Waals surface area (Å²) in [6.07, 6.45) is 5.12. The molecule has 1 saturated heterocycles. The molecule has 1 amide bonds. The van der Waals surface area contributed by atoms with Crippen LogP contribution in [0.5, 0.6) is 0 Å². The Bertz CT molecular complexity index is 909. The summed E-state index contributed by atoms with van der Waals surface area (Å²) in [5.74, 6) is 2.02. The second-order valence-electron chi connectivity index (χ2n) is 8.10. The smallest absolute Gasteiger partial charge is 0.259 e. The van der Waals surface area contributed by atoms with E-state index in [9.17, 15) is 9.59 Å². The molecule has 0 aromatic carbocycles. The van der Waals surface area contributed by atoms with Gasteiger partial charge in [-0.2, -0.15) is 0 Å². The summed E-state index contributed by atoms with van der Waals surface area (Å²) < 4.78 is 0. The number of likely N-dealkylation sites (tertiary alicyclic amines) is 1. The Labute approximate surface area is 175 Å². The van der Waals surface area contributed by atoms with E-state index in [1.54, 1.807) is 11.3 Å². The second kappa shape index (κ2) is 8.93. The van der Waals surface area contributed by atoms with Crippen molar-refractivity contribution in [3.63, 3.8) is 0 Å². The SMILES string of the molecule is CNCC1CCN(C(=O)CCc2nc3sc4c(c3c(=O)[nH]2)CCC(C)C4)C1.Cl. The summed E-state index contributed by atoms with van der Waals surface area (Å²) >= 11 is 1.66. The first-order valence-corrected chi connectivity index (χ1v) is 10.8. The molecule has 1 aliphatic heterocycles. The molecule has 0 saturated carbocycles. The van der Waals surface area contributed by atoms with Gasteiger partial charge in [-0.25, -0.2) is 4.98 Å². The standard InChI is InChI=1S/C20H28N4O2S.ClH/c1-12-3-4-14-15(9-12)27-20-18(14)19(26)22-16(23-20)5-6-17(25)24-8-7-13(11-24)10-21-2;/h12-13,21H,3-11H2,1-2H3,(H,22,23,26);1H. The molecule has 0 bridgehead atoms. The van der Waals surface area contributed by atoms with Gasteiger partial charge in [-0.1, -0.05) is 6.92 Å². The van der Waals surface area contributed by atoms with Crippen LogP contribution in [-0.2, 0) is 24.1 Å². The molecule has 6 nitrogen and oxygen atoms in total. The van der Waals surface area contributed by atoms with Crippen molar-refractivity contribution >= 4 is 39.9 Å². The number of carbonyl (C=O) groups is 1. The summed E-state index contributed by atoms with van der Waals surface area (Å²) in [5.41, 5.74) is 1.17. The predicted molar refractivity (Wildman–Crippen MR) is 116 cm³/mol. The Morgan fingerprint density at radius 3 is 3.00 bits per heavy atom. The average molecular weight is 425 g/mol. The van der Waals surface area contributed by atoms with Gasteiger partial charge in [-0.05, 0) is 56.7 Å². The Morgan fingerprint density at radius 1 is 1.39 bits per heavy atom. The van der Waals surface area contributed by atoms with Crippen LogP contribution in [0.2, 0.25) is 0 Å². The number of aromatic nitrogens is 2. The molecule has 2 N–H and O–H groups in total. The Hall–Kier alpha value is -1.44. The van der Waals surface area contributed by atoms with Crippen LogP contribution in [0.3, 0.4) is 0 Å². The zero-order chi connectivity index (χ0) is 19.0. The molecule has 8 heteroatoms. The fourth-order valence-corrected chi connectivity index (χ4v) is 5.81. The molecule has 2 aromatic rings. The van der Waals surface area contributed by atoms with Crippen LogP contribution < -0.4 is 10.9 Å². The van der Waals surface area contributed by atoms with E-state index in [0.717, 1.165) is 55.5 Å². The van der Waals surface area contributed by atoms with Crippen molar-refractivity contribution in [2.24, 2.45) is 11.8 Å². The lowest BCUT2D eigenvalue weighted by atomic mass is 9.89. The summed E-state index contributed by atoms with van der Waals surface area (Å²) in [4.78, 5) is 36.9. The van der Waals surface area contributed by atoms with E-state index in [1.165, 1.54) is 10.4 Å². The van der Waals surface area contributed by atoms with Gasteiger partial charge in [0.25, 0.3) is 5.56 Å². The molecule has 2 unspecified atom stereocenters. The van der Waals surface area contributed by atoms with Crippen LogP contribution >= 0.6 is 23.7 Å². The number of rotatable bonds is 5. The number of fused-ring (bicyclic) bond motifs is 3. The summed E-state index contributed by atoms with van der Waals surface area (Å²) in [7, 11) is 1.95. The van der Waals surface area contributed by atoms with E-state index in [1.807, 2.05) is 11.9 Å². The lowest BCUT2D eigenvalue weighted by Crippen LogP contribution is -2.30. The highest BCUT2D eigenvalue weighted by Crippen LogP contribution is 2.35. The van der Waals surface area contributed by atoms with Gasteiger partial charge in [0.05, 0.1) is 5.39 Å². The Morgan fingerprint density at radius 2 is 2.21 bits per heavy atom. The van der Waals surface area contributed by atoms with Crippen LogP contribution in [-0.4, -0.2) is 47.5 Å². The molecule has 0 radical (unpaired) electrons. The van der Waals surface area contributed by atoms with Crippen molar-refractivity contribution in [3.05, 3.63) is 26.6 Å². The molecule has 2 atom stereocenters.